The first-order valence-electron chi connectivity index (χ1n) is 7.82. The summed E-state index contributed by atoms with van der Waals surface area (Å²) in [7, 11) is 1.57. The van der Waals surface area contributed by atoms with Crippen LogP contribution >= 0.6 is 22.6 Å². The highest BCUT2D eigenvalue weighted by molar-refractivity contribution is 14.1. The Hall–Kier alpha value is -2.79. The van der Waals surface area contributed by atoms with Crippen LogP contribution in [0.25, 0.3) is 10.9 Å². The van der Waals surface area contributed by atoms with Gasteiger partial charge in [-0.3, -0.25) is 4.79 Å². The van der Waals surface area contributed by atoms with E-state index in [9.17, 15) is 4.79 Å². The highest BCUT2D eigenvalue weighted by Gasteiger charge is 2.09. The third kappa shape index (κ3) is 3.73. The van der Waals surface area contributed by atoms with Gasteiger partial charge in [0.25, 0.3) is 5.91 Å². The van der Waals surface area contributed by atoms with Gasteiger partial charge in [-0.1, -0.05) is 24.1 Å². The number of terminal acetylenes is 1. The number of nitrogens with one attached hydrogen (secondary N) is 1. The largest absolute Gasteiger partial charge is 0.496 e. The number of aromatic nitrogens is 1. The van der Waals surface area contributed by atoms with Crippen LogP contribution in [0.5, 0.6) is 5.75 Å². The zero-order valence-corrected chi connectivity index (χ0v) is 16.2. The second-order valence-corrected chi connectivity index (χ2v) is 6.64. The predicted octanol–water partition coefficient (Wildman–Crippen LogP) is 3.65. The Balaban J connectivity index is 1.80. The molecule has 0 aliphatic rings. The number of hydrogen-bond acceptors (Lipinski definition) is 3. The van der Waals surface area contributed by atoms with Gasteiger partial charge in [0.1, 0.15) is 5.75 Å². The standard InChI is InChI=1S/C20H16IN3O2/c1-3-10-24-13-15(16-6-4-5-7-18(16)24)12-22-23-20(25)14-8-9-17(21)19(11-14)26-2/h1,4-9,11-13H,10H2,2H3,(H,23,25)/b22-12-. The van der Waals surface area contributed by atoms with Crippen LogP contribution < -0.4 is 10.2 Å². The van der Waals surface area contributed by atoms with Crippen molar-refractivity contribution in [3.05, 3.63) is 63.4 Å². The Labute approximate surface area is 165 Å². The lowest BCUT2D eigenvalue weighted by atomic mass is 10.2. The summed E-state index contributed by atoms with van der Waals surface area (Å²) in [5.41, 5.74) is 4.94. The molecule has 6 heteroatoms. The summed E-state index contributed by atoms with van der Waals surface area (Å²) in [4.78, 5) is 12.3. The lowest BCUT2D eigenvalue weighted by Crippen LogP contribution is -2.17. The van der Waals surface area contributed by atoms with Gasteiger partial charge in [0.15, 0.2) is 0 Å². The number of para-hydroxylation sites is 1. The molecule has 26 heavy (non-hydrogen) atoms. The summed E-state index contributed by atoms with van der Waals surface area (Å²) in [6, 6.07) is 13.2. The van der Waals surface area contributed by atoms with Gasteiger partial charge in [0, 0.05) is 28.2 Å². The van der Waals surface area contributed by atoms with Crippen molar-refractivity contribution in [2.75, 3.05) is 7.11 Å². The number of ether oxygens (including phenoxy) is 1. The average Bonchev–Trinajstić information content (AvgIpc) is 3.00. The summed E-state index contributed by atoms with van der Waals surface area (Å²) >= 11 is 2.15. The fourth-order valence-corrected chi connectivity index (χ4v) is 3.19. The van der Waals surface area contributed by atoms with Crippen molar-refractivity contribution in [3.63, 3.8) is 0 Å². The maximum absolute atomic E-state index is 12.3. The van der Waals surface area contributed by atoms with Crippen molar-refractivity contribution < 1.29 is 9.53 Å². The highest BCUT2D eigenvalue weighted by Crippen LogP contribution is 2.22. The molecule has 130 valence electrons. The van der Waals surface area contributed by atoms with Crippen molar-refractivity contribution in [2.24, 2.45) is 5.10 Å². The van der Waals surface area contributed by atoms with Gasteiger partial charge in [-0.2, -0.15) is 5.10 Å². The number of benzene rings is 2. The molecule has 0 saturated heterocycles. The minimum atomic E-state index is -0.302. The molecule has 0 unspecified atom stereocenters. The SMILES string of the molecule is C#CCn1cc(/C=N\NC(=O)c2ccc(I)c(OC)c2)c2ccccc21. The van der Waals surface area contributed by atoms with Crippen molar-refractivity contribution >= 4 is 45.6 Å². The Bertz CT molecular complexity index is 1030. The van der Waals surface area contributed by atoms with E-state index in [0.717, 1.165) is 20.0 Å². The normalized spacial score (nSPS) is 10.8. The van der Waals surface area contributed by atoms with Gasteiger partial charge >= 0.3 is 0 Å². The average molecular weight is 457 g/mol. The van der Waals surface area contributed by atoms with Gasteiger partial charge in [-0.25, -0.2) is 5.43 Å². The van der Waals surface area contributed by atoms with E-state index in [4.69, 9.17) is 11.2 Å². The van der Waals surface area contributed by atoms with Gasteiger partial charge in [0.05, 0.1) is 23.4 Å². The minimum Gasteiger partial charge on any atom is -0.496 e. The zero-order valence-electron chi connectivity index (χ0n) is 14.1. The molecule has 0 atom stereocenters. The van der Waals surface area contributed by atoms with Crippen LogP contribution in [0.15, 0.2) is 53.8 Å². The van der Waals surface area contributed by atoms with E-state index < -0.39 is 0 Å². The second kappa shape index (κ2) is 8.06. The maximum Gasteiger partial charge on any atom is 0.271 e. The fraction of sp³-hybridized carbons (Fsp3) is 0.100. The summed E-state index contributed by atoms with van der Waals surface area (Å²) in [5, 5.41) is 5.11. The third-order valence-corrected chi connectivity index (χ3v) is 4.76. The number of amides is 1. The molecule has 3 rings (SSSR count). The molecule has 1 amide bonds. The van der Waals surface area contributed by atoms with Crippen LogP contribution in [0.3, 0.4) is 0 Å². The first-order valence-corrected chi connectivity index (χ1v) is 8.90. The van der Waals surface area contributed by atoms with Crippen molar-refractivity contribution in [2.45, 2.75) is 6.54 Å². The summed E-state index contributed by atoms with van der Waals surface area (Å²) in [5.74, 6) is 2.99. The van der Waals surface area contributed by atoms with Crippen LogP contribution in [0.2, 0.25) is 0 Å². The molecule has 0 radical (unpaired) electrons. The Kier molecular flexibility index (Phi) is 5.58. The topological polar surface area (TPSA) is 55.6 Å². The molecule has 0 spiro atoms. The molecule has 5 nitrogen and oxygen atoms in total. The van der Waals surface area contributed by atoms with Crippen molar-refractivity contribution in [3.8, 4) is 18.1 Å². The maximum atomic E-state index is 12.3. The van der Waals surface area contributed by atoms with Gasteiger partial charge in [-0.05, 0) is 46.9 Å². The van der Waals surface area contributed by atoms with Gasteiger partial charge in [0.2, 0.25) is 0 Å². The minimum absolute atomic E-state index is 0.302. The summed E-state index contributed by atoms with van der Waals surface area (Å²) in [6.45, 7) is 0.475. The first kappa shape index (κ1) is 18.0. The number of hydrogen-bond donors (Lipinski definition) is 1. The van der Waals surface area contributed by atoms with E-state index in [-0.39, 0.29) is 5.91 Å². The Morgan fingerprint density at radius 1 is 1.38 bits per heavy atom. The molecule has 1 aromatic heterocycles. The molecule has 1 N–H and O–H groups in total. The van der Waals surface area contributed by atoms with E-state index in [1.54, 1.807) is 25.5 Å². The van der Waals surface area contributed by atoms with Crippen LogP contribution in [0, 0.1) is 15.9 Å². The predicted molar refractivity (Wildman–Crippen MR) is 112 cm³/mol. The van der Waals surface area contributed by atoms with Crippen LogP contribution in [0.1, 0.15) is 15.9 Å². The lowest BCUT2D eigenvalue weighted by molar-refractivity contribution is 0.0954. The highest BCUT2D eigenvalue weighted by atomic mass is 127. The van der Waals surface area contributed by atoms with Crippen molar-refractivity contribution in [1.29, 1.82) is 0 Å². The van der Waals surface area contributed by atoms with E-state index in [1.165, 1.54) is 0 Å². The number of carbonyl (C=O) groups excluding carboxylic acids is 1. The molecule has 0 saturated carbocycles. The number of fused-ring (bicyclic) bond motifs is 1. The summed E-state index contributed by atoms with van der Waals surface area (Å²) < 4.78 is 8.15. The molecular weight excluding hydrogens is 441 g/mol. The van der Waals surface area contributed by atoms with Crippen LogP contribution in [-0.2, 0) is 6.54 Å². The first-order chi connectivity index (χ1) is 12.6. The molecule has 0 aliphatic heterocycles. The van der Waals surface area contributed by atoms with E-state index >= 15 is 0 Å². The molecular formula is C20H16IN3O2. The van der Waals surface area contributed by atoms with Crippen molar-refractivity contribution in [1.82, 2.24) is 9.99 Å². The Morgan fingerprint density at radius 3 is 2.96 bits per heavy atom. The molecule has 1 heterocycles. The molecule has 0 fully saturated rings. The smallest absolute Gasteiger partial charge is 0.271 e. The second-order valence-electron chi connectivity index (χ2n) is 5.48. The van der Waals surface area contributed by atoms with E-state index in [2.05, 4.69) is 39.0 Å². The number of nitrogens with zero attached hydrogens (tertiary/aromatic N) is 2. The third-order valence-electron chi connectivity index (χ3n) is 3.86. The number of rotatable bonds is 5. The Morgan fingerprint density at radius 2 is 2.19 bits per heavy atom. The fourth-order valence-electron chi connectivity index (χ4n) is 2.63. The molecule has 2 aromatic carbocycles. The quantitative estimate of drug-likeness (QED) is 0.275. The van der Waals surface area contributed by atoms with E-state index in [1.807, 2.05) is 41.1 Å². The van der Waals surface area contributed by atoms with E-state index in [0.29, 0.717) is 17.9 Å². The zero-order chi connectivity index (χ0) is 18.5. The van der Waals surface area contributed by atoms with Crippen LogP contribution in [0.4, 0.5) is 0 Å². The number of methoxy groups -OCH3 is 1. The van der Waals surface area contributed by atoms with Crippen LogP contribution in [-0.4, -0.2) is 23.8 Å². The van der Waals surface area contributed by atoms with Gasteiger partial charge in [-0.15, -0.1) is 6.42 Å². The lowest BCUT2D eigenvalue weighted by Gasteiger charge is -2.05. The number of hydrazone groups is 1. The monoisotopic (exact) mass is 457 g/mol. The molecule has 3 aromatic rings. The molecule has 0 bridgehead atoms. The van der Waals surface area contributed by atoms with Gasteiger partial charge < -0.3 is 9.30 Å². The number of carbonyl (C=O) groups is 1. The molecule has 0 aliphatic carbocycles. The number of halogens is 1. The summed E-state index contributed by atoms with van der Waals surface area (Å²) in [6.07, 6.45) is 8.97.